The molecule has 2 aromatic carbocycles. The van der Waals surface area contributed by atoms with Crippen molar-refractivity contribution in [3.05, 3.63) is 65.7 Å². The molecule has 0 bridgehead atoms. The molecule has 0 radical (unpaired) electrons. The number of para-hydroxylation sites is 1. The molecule has 3 rings (SSSR count). The summed E-state index contributed by atoms with van der Waals surface area (Å²) in [6, 6.07) is 18.6. The molecule has 118 valence electrons. The van der Waals surface area contributed by atoms with Gasteiger partial charge in [-0.1, -0.05) is 61.4 Å². The monoisotopic (exact) mass is 317 g/mol. The van der Waals surface area contributed by atoms with Gasteiger partial charge in [0.25, 0.3) is 0 Å². The highest BCUT2D eigenvalue weighted by molar-refractivity contribution is 5.85. The van der Waals surface area contributed by atoms with Crippen LogP contribution < -0.4 is 10.5 Å². The summed E-state index contributed by atoms with van der Waals surface area (Å²) in [5.74, 6) is 1.53. The Bertz CT molecular complexity index is 567. The van der Waals surface area contributed by atoms with Crippen molar-refractivity contribution in [3.8, 4) is 5.75 Å². The quantitative estimate of drug-likeness (QED) is 0.853. The zero-order chi connectivity index (χ0) is 14.5. The fourth-order valence-electron chi connectivity index (χ4n) is 3.19. The molecule has 2 nitrogen and oxygen atoms in total. The molecule has 1 aliphatic carbocycles. The van der Waals surface area contributed by atoms with Crippen molar-refractivity contribution in [2.75, 3.05) is 0 Å². The standard InChI is InChI=1S/C19H23NO.ClH/c20-19(16-10-4-5-11-16)17-12-6-7-13-18(17)21-14-15-8-2-1-3-9-15;/h1-3,6-9,12-13,16,19H,4-5,10-11,14,20H2;1H/t19-;/m1./s1. The lowest BCUT2D eigenvalue weighted by Gasteiger charge is -2.22. The van der Waals surface area contributed by atoms with Crippen LogP contribution in [0, 0.1) is 5.92 Å². The molecule has 1 atom stereocenters. The molecule has 1 aliphatic rings. The topological polar surface area (TPSA) is 35.2 Å². The summed E-state index contributed by atoms with van der Waals surface area (Å²) in [5.41, 5.74) is 8.83. The normalized spacial score (nSPS) is 16.0. The number of hydrogen-bond acceptors (Lipinski definition) is 2. The second kappa shape index (κ2) is 8.21. The van der Waals surface area contributed by atoms with Crippen molar-refractivity contribution in [3.63, 3.8) is 0 Å². The van der Waals surface area contributed by atoms with Gasteiger partial charge >= 0.3 is 0 Å². The van der Waals surface area contributed by atoms with Crippen LogP contribution in [0.2, 0.25) is 0 Å². The van der Waals surface area contributed by atoms with Crippen LogP contribution in [0.1, 0.15) is 42.9 Å². The molecular weight excluding hydrogens is 294 g/mol. The molecule has 1 fully saturated rings. The molecule has 0 unspecified atom stereocenters. The number of ether oxygens (including phenoxy) is 1. The molecule has 0 heterocycles. The van der Waals surface area contributed by atoms with Crippen LogP contribution in [0.25, 0.3) is 0 Å². The van der Waals surface area contributed by atoms with Crippen molar-refractivity contribution in [2.45, 2.75) is 38.3 Å². The van der Waals surface area contributed by atoms with E-state index in [2.05, 4.69) is 24.3 Å². The maximum Gasteiger partial charge on any atom is 0.124 e. The Morgan fingerprint density at radius 2 is 1.59 bits per heavy atom. The van der Waals surface area contributed by atoms with Crippen LogP contribution in [-0.2, 0) is 6.61 Å². The van der Waals surface area contributed by atoms with Gasteiger partial charge in [-0.3, -0.25) is 0 Å². The minimum absolute atomic E-state index is 0. The lowest BCUT2D eigenvalue weighted by molar-refractivity contribution is 0.296. The van der Waals surface area contributed by atoms with Crippen LogP contribution in [0.4, 0.5) is 0 Å². The van der Waals surface area contributed by atoms with Gasteiger partial charge in [0.1, 0.15) is 12.4 Å². The lowest BCUT2D eigenvalue weighted by atomic mass is 9.92. The van der Waals surface area contributed by atoms with E-state index in [4.69, 9.17) is 10.5 Å². The maximum absolute atomic E-state index is 6.49. The van der Waals surface area contributed by atoms with Crippen LogP contribution in [-0.4, -0.2) is 0 Å². The molecule has 2 N–H and O–H groups in total. The summed E-state index contributed by atoms with van der Waals surface area (Å²) >= 11 is 0. The van der Waals surface area contributed by atoms with Gasteiger partial charge in [-0.25, -0.2) is 0 Å². The minimum Gasteiger partial charge on any atom is -0.489 e. The lowest BCUT2D eigenvalue weighted by Crippen LogP contribution is -2.20. The third kappa shape index (κ3) is 4.02. The first-order valence-electron chi connectivity index (χ1n) is 7.86. The van der Waals surface area contributed by atoms with E-state index in [9.17, 15) is 0 Å². The molecule has 0 aromatic heterocycles. The van der Waals surface area contributed by atoms with Gasteiger partial charge in [-0.15, -0.1) is 12.4 Å². The van der Waals surface area contributed by atoms with Gasteiger partial charge in [0.15, 0.2) is 0 Å². The Balaban J connectivity index is 0.00000176. The molecule has 0 spiro atoms. The molecular formula is C19H24ClNO. The first-order valence-corrected chi connectivity index (χ1v) is 7.86. The third-order valence-corrected chi connectivity index (χ3v) is 4.42. The van der Waals surface area contributed by atoms with E-state index in [1.165, 1.54) is 31.2 Å². The predicted molar refractivity (Wildman–Crippen MR) is 93.4 cm³/mol. The predicted octanol–water partition coefficient (Wildman–Crippen LogP) is 4.88. The zero-order valence-corrected chi connectivity index (χ0v) is 13.6. The van der Waals surface area contributed by atoms with E-state index in [1.807, 2.05) is 30.3 Å². The summed E-state index contributed by atoms with van der Waals surface area (Å²) < 4.78 is 6.02. The van der Waals surface area contributed by atoms with E-state index in [1.54, 1.807) is 0 Å². The van der Waals surface area contributed by atoms with E-state index in [-0.39, 0.29) is 18.4 Å². The largest absolute Gasteiger partial charge is 0.489 e. The second-order valence-corrected chi connectivity index (χ2v) is 5.88. The fraction of sp³-hybridized carbons (Fsp3) is 0.368. The van der Waals surface area contributed by atoms with Gasteiger partial charge in [0.2, 0.25) is 0 Å². The summed E-state index contributed by atoms with van der Waals surface area (Å²) in [6.07, 6.45) is 5.11. The summed E-state index contributed by atoms with van der Waals surface area (Å²) in [4.78, 5) is 0. The number of halogens is 1. The van der Waals surface area contributed by atoms with Crippen LogP contribution >= 0.6 is 12.4 Å². The Morgan fingerprint density at radius 1 is 0.955 bits per heavy atom. The van der Waals surface area contributed by atoms with Gasteiger partial charge in [0.05, 0.1) is 0 Å². The van der Waals surface area contributed by atoms with Gasteiger partial charge in [-0.2, -0.15) is 0 Å². The Morgan fingerprint density at radius 3 is 2.32 bits per heavy atom. The van der Waals surface area contributed by atoms with Gasteiger partial charge < -0.3 is 10.5 Å². The van der Waals surface area contributed by atoms with E-state index in [0.29, 0.717) is 12.5 Å². The van der Waals surface area contributed by atoms with Gasteiger partial charge in [0, 0.05) is 11.6 Å². The molecule has 0 saturated heterocycles. The highest BCUT2D eigenvalue weighted by Crippen LogP contribution is 2.37. The van der Waals surface area contributed by atoms with E-state index < -0.39 is 0 Å². The van der Waals surface area contributed by atoms with Crippen LogP contribution in [0.3, 0.4) is 0 Å². The fourth-order valence-corrected chi connectivity index (χ4v) is 3.19. The number of hydrogen-bond donors (Lipinski definition) is 1. The average Bonchev–Trinajstić information content (AvgIpc) is 3.08. The second-order valence-electron chi connectivity index (χ2n) is 5.88. The first kappa shape index (κ1) is 16.9. The highest BCUT2D eigenvalue weighted by atomic mass is 35.5. The van der Waals surface area contributed by atoms with Crippen molar-refractivity contribution >= 4 is 12.4 Å². The van der Waals surface area contributed by atoms with Crippen molar-refractivity contribution in [1.29, 1.82) is 0 Å². The van der Waals surface area contributed by atoms with Crippen molar-refractivity contribution < 1.29 is 4.74 Å². The van der Waals surface area contributed by atoms with Crippen LogP contribution in [0.15, 0.2) is 54.6 Å². The third-order valence-electron chi connectivity index (χ3n) is 4.42. The smallest absolute Gasteiger partial charge is 0.124 e. The molecule has 0 amide bonds. The zero-order valence-electron chi connectivity index (χ0n) is 12.8. The van der Waals surface area contributed by atoms with Crippen molar-refractivity contribution in [1.82, 2.24) is 0 Å². The highest BCUT2D eigenvalue weighted by Gasteiger charge is 2.25. The number of benzene rings is 2. The number of rotatable bonds is 5. The summed E-state index contributed by atoms with van der Waals surface area (Å²) in [7, 11) is 0. The average molecular weight is 318 g/mol. The summed E-state index contributed by atoms with van der Waals surface area (Å²) in [6.45, 7) is 0.592. The summed E-state index contributed by atoms with van der Waals surface area (Å²) in [5, 5.41) is 0. The molecule has 1 saturated carbocycles. The Hall–Kier alpha value is -1.51. The molecule has 2 aromatic rings. The number of nitrogens with two attached hydrogens (primary N) is 1. The maximum atomic E-state index is 6.49. The SMILES string of the molecule is Cl.N[C@@H](c1ccccc1OCc1ccccc1)C1CCCC1. The minimum atomic E-state index is 0. The first-order chi connectivity index (χ1) is 10.3. The molecule has 22 heavy (non-hydrogen) atoms. The van der Waals surface area contributed by atoms with Crippen LogP contribution in [0.5, 0.6) is 5.75 Å². The van der Waals surface area contributed by atoms with E-state index in [0.717, 1.165) is 11.3 Å². The van der Waals surface area contributed by atoms with Crippen molar-refractivity contribution in [2.24, 2.45) is 11.7 Å². The molecule has 0 aliphatic heterocycles. The Kier molecular flexibility index (Phi) is 6.29. The van der Waals surface area contributed by atoms with E-state index >= 15 is 0 Å². The Labute approximate surface area is 139 Å². The van der Waals surface area contributed by atoms with Gasteiger partial charge in [-0.05, 0) is 30.4 Å². The molecule has 3 heteroatoms.